The number of aryl methyl sites for hydroxylation is 1. The van der Waals surface area contributed by atoms with E-state index in [0.717, 1.165) is 33.8 Å². The monoisotopic (exact) mass is 238 g/mol. The maximum Gasteiger partial charge on any atom is 0.129 e. The van der Waals surface area contributed by atoms with Crippen LogP contribution in [0.2, 0.25) is 5.02 Å². The van der Waals surface area contributed by atoms with Crippen molar-refractivity contribution in [2.45, 2.75) is 6.42 Å². The van der Waals surface area contributed by atoms with Crippen LogP contribution in [0.15, 0.2) is 18.2 Å². The van der Waals surface area contributed by atoms with Crippen molar-refractivity contribution in [3.63, 3.8) is 0 Å². The van der Waals surface area contributed by atoms with Crippen molar-refractivity contribution in [2.75, 3.05) is 13.7 Å². The Balaban J connectivity index is 2.77. The van der Waals surface area contributed by atoms with Crippen LogP contribution in [0.4, 0.5) is 0 Å². The van der Waals surface area contributed by atoms with Crippen molar-refractivity contribution in [1.29, 1.82) is 0 Å². The van der Waals surface area contributed by atoms with Crippen LogP contribution in [0.3, 0.4) is 0 Å². The maximum atomic E-state index is 6.37. The van der Waals surface area contributed by atoms with E-state index in [0.29, 0.717) is 6.54 Å². The van der Waals surface area contributed by atoms with E-state index in [4.69, 9.17) is 22.1 Å². The van der Waals surface area contributed by atoms with Crippen molar-refractivity contribution >= 4 is 22.5 Å². The molecule has 2 N–H and O–H groups in total. The minimum atomic E-state index is 0.589. The molecule has 16 heavy (non-hydrogen) atoms. The summed E-state index contributed by atoms with van der Waals surface area (Å²) in [4.78, 5) is 0. The molecule has 0 aliphatic carbocycles. The topological polar surface area (TPSA) is 40.2 Å². The maximum absolute atomic E-state index is 6.37. The summed E-state index contributed by atoms with van der Waals surface area (Å²) in [5, 5.41) is 1.72. The molecule has 1 heterocycles. The molecule has 1 aromatic carbocycles. The first kappa shape index (κ1) is 11.3. The lowest BCUT2D eigenvalue weighted by atomic mass is 10.2. The molecule has 0 unspecified atom stereocenters. The Hall–Kier alpha value is -1.19. The largest absolute Gasteiger partial charge is 0.496 e. The number of methoxy groups -OCH3 is 1. The van der Waals surface area contributed by atoms with E-state index >= 15 is 0 Å². The van der Waals surface area contributed by atoms with Crippen molar-refractivity contribution in [2.24, 2.45) is 12.8 Å². The fourth-order valence-electron chi connectivity index (χ4n) is 2.04. The lowest BCUT2D eigenvalue weighted by Gasteiger charge is -2.02. The van der Waals surface area contributed by atoms with Crippen LogP contribution >= 0.6 is 11.6 Å². The van der Waals surface area contributed by atoms with Crippen molar-refractivity contribution in [1.82, 2.24) is 4.57 Å². The molecule has 0 atom stereocenters. The Morgan fingerprint density at radius 1 is 1.44 bits per heavy atom. The van der Waals surface area contributed by atoms with Gasteiger partial charge in [-0.1, -0.05) is 17.7 Å². The molecule has 0 amide bonds. The SMILES string of the molecule is COc1cccc2c1c(Cl)c(CCN)n2C. The molecular weight excluding hydrogens is 224 g/mol. The number of hydrogen-bond acceptors (Lipinski definition) is 2. The number of nitrogens with two attached hydrogens (primary N) is 1. The molecule has 1 aromatic heterocycles. The van der Waals surface area contributed by atoms with Crippen LogP contribution in [-0.2, 0) is 13.5 Å². The Labute approximate surface area is 99.7 Å². The molecule has 0 fully saturated rings. The minimum absolute atomic E-state index is 0.589. The number of nitrogens with zero attached hydrogens (tertiary/aromatic N) is 1. The lowest BCUT2D eigenvalue weighted by molar-refractivity contribution is 0.420. The number of benzene rings is 1. The van der Waals surface area contributed by atoms with Gasteiger partial charge in [-0.25, -0.2) is 0 Å². The fraction of sp³-hybridized carbons (Fsp3) is 0.333. The van der Waals surface area contributed by atoms with Gasteiger partial charge in [-0.3, -0.25) is 0 Å². The summed E-state index contributed by atoms with van der Waals surface area (Å²) >= 11 is 6.37. The molecule has 4 heteroatoms. The zero-order valence-electron chi connectivity index (χ0n) is 9.46. The van der Waals surface area contributed by atoms with Gasteiger partial charge in [0.2, 0.25) is 0 Å². The number of rotatable bonds is 3. The van der Waals surface area contributed by atoms with Crippen LogP contribution in [0.1, 0.15) is 5.69 Å². The van der Waals surface area contributed by atoms with E-state index < -0.39 is 0 Å². The minimum Gasteiger partial charge on any atom is -0.496 e. The van der Waals surface area contributed by atoms with E-state index in [-0.39, 0.29) is 0 Å². The van der Waals surface area contributed by atoms with E-state index in [1.807, 2.05) is 25.2 Å². The molecule has 3 nitrogen and oxygen atoms in total. The molecule has 0 bridgehead atoms. The lowest BCUT2D eigenvalue weighted by Crippen LogP contribution is -2.06. The van der Waals surface area contributed by atoms with E-state index in [9.17, 15) is 0 Å². The van der Waals surface area contributed by atoms with Gasteiger partial charge in [0.15, 0.2) is 0 Å². The van der Waals surface area contributed by atoms with Gasteiger partial charge in [-0.2, -0.15) is 0 Å². The summed E-state index contributed by atoms with van der Waals surface area (Å²) in [5.41, 5.74) is 7.72. The summed E-state index contributed by atoms with van der Waals surface area (Å²) in [5.74, 6) is 0.807. The molecule has 2 aromatic rings. The number of aromatic nitrogens is 1. The number of halogens is 1. The fourth-order valence-corrected chi connectivity index (χ4v) is 2.45. The molecule has 86 valence electrons. The molecule has 0 saturated heterocycles. The second-order valence-corrected chi connectivity index (χ2v) is 4.09. The van der Waals surface area contributed by atoms with Gasteiger partial charge in [-0.15, -0.1) is 0 Å². The van der Waals surface area contributed by atoms with Crippen LogP contribution < -0.4 is 10.5 Å². The summed E-state index contributed by atoms with van der Waals surface area (Å²) in [7, 11) is 3.65. The third-order valence-electron chi connectivity index (χ3n) is 2.84. The molecule has 0 aliphatic rings. The average Bonchev–Trinajstić information content (AvgIpc) is 2.55. The van der Waals surface area contributed by atoms with Crippen LogP contribution in [0, 0.1) is 0 Å². The summed E-state index contributed by atoms with van der Waals surface area (Å²) in [6.45, 7) is 0.589. The van der Waals surface area contributed by atoms with Crippen molar-refractivity contribution < 1.29 is 4.74 Å². The number of hydrogen-bond donors (Lipinski definition) is 1. The van der Waals surface area contributed by atoms with Crippen molar-refractivity contribution in [3.8, 4) is 5.75 Å². The standard InChI is InChI=1S/C12H15ClN2O/c1-15-8-4-3-5-10(16-2)11(8)12(13)9(15)6-7-14/h3-5H,6-7,14H2,1-2H3. The van der Waals surface area contributed by atoms with Gasteiger partial charge in [0.1, 0.15) is 5.75 Å². The van der Waals surface area contributed by atoms with E-state index in [1.54, 1.807) is 7.11 Å². The van der Waals surface area contributed by atoms with Gasteiger partial charge in [-0.05, 0) is 18.7 Å². The zero-order valence-corrected chi connectivity index (χ0v) is 10.2. The second kappa shape index (κ2) is 4.36. The van der Waals surface area contributed by atoms with Gasteiger partial charge in [0.25, 0.3) is 0 Å². The third kappa shape index (κ3) is 1.56. The Kier molecular flexibility index (Phi) is 3.08. The Morgan fingerprint density at radius 3 is 2.81 bits per heavy atom. The Morgan fingerprint density at radius 2 is 2.19 bits per heavy atom. The van der Waals surface area contributed by atoms with Crippen LogP contribution in [-0.4, -0.2) is 18.2 Å². The predicted molar refractivity (Wildman–Crippen MR) is 67.2 cm³/mol. The molecule has 0 saturated carbocycles. The van der Waals surface area contributed by atoms with Gasteiger partial charge in [0.05, 0.1) is 23.0 Å². The smallest absolute Gasteiger partial charge is 0.129 e. The number of ether oxygens (including phenoxy) is 1. The highest BCUT2D eigenvalue weighted by Gasteiger charge is 2.15. The highest BCUT2D eigenvalue weighted by molar-refractivity contribution is 6.37. The summed E-state index contributed by atoms with van der Waals surface area (Å²) in [6, 6.07) is 5.91. The predicted octanol–water partition coefficient (Wildman–Crippen LogP) is 2.34. The third-order valence-corrected chi connectivity index (χ3v) is 3.25. The average molecular weight is 239 g/mol. The van der Waals surface area contributed by atoms with Crippen LogP contribution in [0.25, 0.3) is 10.9 Å². The first-order valence-corrected chi connectivity index (χ1v) is 5.58. The van der Waals surface area contributed by atoms with Gasteiger partial charge >= 0.3 is 0 Å². The zero-order chi connectivity index (χ0) is 11.7. The first-order chi connectivity index (χ1) is 7.70. The van der Waals surface area contributed by atoms with E-state index in [1.165, 1.54) is 0 Å². The second-order valence-electron chi connectivity index (χ2n) is 3.71. The highest BCUT2D eigenvalue weighted by Crippen LogP contribution is 2.36. The molecule has 0 radical (unpaired) electrons. The van der Waals surface area contributed by atoms with Gasteiger partial charge in [0, 0.05) is 19.2 Å². The van der Waals surface area contributed by atoms with Crippen LogP contribution in [0.5, 0.6) is 5.75 Å². The first-order valence-electron chi connectivity index (χ1n) is 5.20. The Bertz CT molecular complexity index is 519. The van der Waals surface area contributed by atoms with Crippen molar-refractivity contribution in [3.05, 3.63) is 28.9 Å². The highest BCUT2D eigenvalue weighted by atomic mass is 35.5. The molecule has 0 spiro atoms. The number of fused-ring (bicyclic) bond motifs is 1. The summed E-state index contributed by atoms with van der Waals surface area (Å²) in [6.07, 6.45) is 0.771. The summed E-state index contributed by atoms with van der Waals surface area (Å²) < 4.78 is 7.40. The molecular formula is C12H15ClN2O. The van der Waals surface area contributed by atoms with E-state index in [2.05, 4.69) is 4.57 Å². The quantitative estimate of drug-likeness (QED) is 0.892. The molecule has 0 aliphatic heterocycles. The molecule has 2 rings (SSSR count). The van der Waals surface area contributed by atoms with Gasteiger partial charge < -0.3 is 15.0 Å². The normalized spacial score (nSPS) is 11.0.